The Morgan fingerprint density at radius 2 is 1.71 bits per heavy atom. The van der Waals surface area contributed by atoms with Crippen molar-refractivity contribution in [3.05, 3.63) is 40.8 Å². The molecule has 0 bridgehead atoms. The highest BCUT2D eigenvalue weighted by Gasteiger charge is 2.27. The molecule has 31 heavy (non-hydrogen) atoms. The van der Waals surface area contributed by atoms with Gasteiger partial charge in [-0.3, -0.25) is 0 Å². The van der Waals surface area contributed by atoms with Crippen molar-refractivity contribution in [1.29, 1.82) is 0 Å². The number of halogens is 1. The number of rotatable bonds is 3. The Morgan fingerprint density at radius 1 is 1.06 bits per heavy atom. The molecule has 3 aromatic rings. The minimum Gasteiger partial charge on any atom is -0.456 e. The lowest BCUT2D eigenvalue weighted by Crippen LogP contribution is -2.34. The molecule has 0 spiro atoms. The van der Waals surface area contributed by atoms with Crippen LogP contribution in [0.4, 0.5) is 4.79 Å². The van der Waals surface area contributed by atoms with E-state index in [2.05, 4.69) is 9.97 Å². The van der Waals surface area contributed by atoms with Gasteiger partial charge in [-0.2, -0.15) is 0 Å². The maximum atomic E-state index is 13.1. The van der Waals surface area contributed by atoms with E-state index >= 15 is 0 Å². The van der Waals surface area contributed by atoms with E-state index in [4.69, 9.17) is 21.1 Å². The van der Waals surface area contributed by atoms with Gasteiger partial charge in [0.15, 0.2) is 0 Å². The summed E-state index contributed by atoms with van der Waals surface area (Å²) in [7, 11) is 1.62. The van der Waals surface area contributed by atoms with Gasteiger partial charge in [-0.1, -0.05) is 23.7 Å². The number of pyridine rings is 1. The minimum atomic E-state index is -0.668. The number of hydrogen-bond acceptors (Lipinski definition) is 5. The molecular weight excluding hydrogens is 418 g/mol. The average molecular weight is 446 g/mol. The average Bonchev–Trinajstić information content (AvgIpc) is 2.97. The van der Waals surface area contributed by atoms with E-state index in [1.54, 1.807) is 40.1 Å². The summed E-state index contributed by atoms with van der Waals surface area (Å²) in [4.78, 5) is 34.5. The summed E-state index contributed by atoms with van der Waals surface area (Å²) >= 11 is 6.12. The highest BCUT2D eigenvalue weighted by molar-refractivity contribution is 6.30. The summed E-state index contributed by atoms with van der Waals surface area (Å²) in [6.45, 7) is 11.0. The van der Waals surface area contributed by atoms with Crippen LogP contribution in [-0.4, -0.2) is 45.2 Å². The van der Waals surface area contributed by atoms with Gasteiger partial charge in [0.2, 0.25) is 0 Å². The fraction of sp³-hybridized carbons (Fsp3) is 0.435. The fourth-order valence-electron chi connectivity index (χ4n) is 3.23. The molecule has 0 unspecified atom stereocenters. The lowest BCUT2D eigenvalue weighted by atomic mass is 10.1. The molecule has 7 nitrogen and oxygen atoms in total. The number of H-pyrrole nitrogens is 1. The number of benzene rings is 1. The highest BCUT2D eigenvalue weighted by atomic mass is 35.5. The van der Waals surface area contributed by atoms with Crippen LogP contribution in [0.2, 0.25) is 5.15 Å². The van der Waals surface area contributed by atoms with Crippen LogP contribution in [0.25, 0.3) is 21.7 Å². The van der Waals surface area contributed by atoms with Crippen LogP contribution in [0, 0.1) is 0 Å². The van der Waals surface area contributed by atoms with Crippen LogP contribution in [0.15, 0.2) is 24.4 Å². The molecule has 8 heteroatoms. The second kappa shape index (κ2) is 8.04. The molecule has 0 fully saturated rings. The maximum absolute atomic E-state index is 13.1. The van der Waals surface area contributed by atoms with Gasteiger partial charge in [0.1, 0.15) is 16.4 Å². The normalized spacial score (nSPS) is 12.3. The van der Waals surface area contributed by atoms with Crippen molar-refractivity contribution in [1.82, 2.24) is 14.9 Å². The minimum absolute atomic E-state index is 0.137. The van der Waals surface area contributed by atoms with Crippen LogP contribution in [-0.2, 0) is 16.0 Å². The molecule has 0 radical (unpaired) electrons. The maximum Gasteiger partial charge on any atom is 0.410 e. The van der Waals surface area contributed by atoms with Crippen LogP contribution in [0.1, 0.15) is 57.6 Å². The molecule has 0 aliphatic heterocycles. The third-order valence-corrected chi connectivity index (χ3v) is 4.63. The number of aromatic nitrogens is 2. The predicted octanol–water partition coefficient (Wildman–Crippen LogP) is 5.69. The van der Waals surface area contributed by atoms with Crippen LogP contribution in [0.5, 0.6) is 0 Å². The molecule has 0 saturated heterocycles. The molecule has 166 valence electrons. The van der Waals surface area contributed by atoms with Gasteiger partial charge in [-0.15, -0.1) is 0 Å². The number of esters is 1. The summed E-state index contributed by atoms with van der Waals surface area (Å²) in [5.41, 5.74) is 0.377. The number of ether oxygens (including phenoxy) is 2. The molecule has 2 aromatic heterocycles. The number of carbonyl (C=O) groups is 2. The second-order valence-corrected chi connectivity index (χ2v) is 9.92. The standard InChI is InChI=1S/C23H28ClN3O4/c1-22(2,3)30-20(28)18-14-9-8-13-11-25-17(24)10-15(13)19(14)26-16(18)12-27(7)21(29)31-23(4,5)6/h8-11,26H,12H2,1-7H3. The molecule has 0 aliphatic carbocycles. The third kappa shape index (κ3) is 5.28. The fourth-order valence-corrected chi connectivity index (χ4v) is 3.39. The predicted molar refractivity (Wildman–Crippen MR) is 121 cm³/mol. The van der Waals surface area contributed by atoms with Crippen molar-refractivity contribution in [3.8, 4) is 0 Å². The lowest BCUT2D eigenvalue weighted by Gasteiger charge is -2.25. The van der Waals surface area contributed by atoms with Crippen molar-refractivity contribution in [2.45, 2.75) is 59.3 Å². The zero-order valence-corrected chi connectivity index (χ0v) is 19.7. The molecular formula is C23H28ClN3O4. The number of amides is 1. The lowest BCUT2D eigenvalue weighted by molar-refractivity contribution is 0.00659. The summed E-state index contributed by atoms with van der Waals surface area (Å²) in [6, 6.07) is 5.47. The third-order valence-electron chi connectivity index (χ3n) is 4.42. The summed E-state index contributed by atoms with van der Waals surface area (Å²) < 4.78 is 11.1. The molecule has 2 heterocycles. The monoisotopic (exact) mass is 445 g/mol. The Balaban J connectivity index is 2.13. The number of carbonyl (C=O) groups excluding carboxylic acids is 2. The van der Waals surface area contributed by atoms with Crippen molar-refractivity contribution in [2.75, 3.05) is 7.05 Å². The van der Waals surface area contributed by atoms with E-state index in [1.165, 1.54) is 4.90 Å². The summed E-state index contributed by atoms with van der Waals surface area (Å²) in [6.07, 6.45) is 1.19. The Kier molecular flexibility index (Phi) is 5.93. The van der Waals surface area contributed by atoms with Gasteiger partial charge in [-0.25, -0.2) is 14.6 Å². The summed E-state index contributed by atoms with van der Waals surface area (Å²) in [5.74, 6) is -0.467. The van der Waals surface area contributed by atoms with Crippen LogP contribution >= 0.6 is 11.6 Å². The zero-order chi connectivity index (χ0) is 23.1. The van der Waals surface area contributed by atoms with E-state index in [0.29, 0.717) is 21.8 Å². The summed E-state index contributed by atoms with van der Waals surface area (Å²) in [5, 5.41) is 2.74. The quantitative estimate of drug-likeness (QED) is 0.413. The van der Waals surface area contributed by atoms with Crippen LogP contribution < -0.4 is 0 Å². The Hall–Kier alpha value is -2.80. The first-order chi connectivity index (χ1) is 14.2. The number of hydrogen-bond donors (Lipinski definition) is 1. The number of aromatic amines is 1. The van der Waals surface area contributed by atoms with Gasteiger partial charge >= 0.3 is 12.1 Å². The van der Waals surface area contributed by atoms with E-state index in [-0.39, 0.29) is 6.54 Å². The zero-order valence-electron chi connectivity index (χ0n) is 18.9. The molecule has 1 aromatic carbocycles. The van der Waals surface area contributed by atoms with E-state index in [9.17, 15) is 9.59 Å². The van der Waals surface area contributed by atoms with Crippen molar-refractivity contribution in [2.24, 2.45) is 0 Å². The molecule has 0 atom stereocenters. The van der Waals surface area contributed by atoms with Crippen molar-refractivity contribution < 1.29 is 19.1 Å². The molecule has 3 rings (SSSR count). The first-order valence-electron chi connectivity index (χ1n) is 10.0. The van der Waals surface area contributed by atoms with Gasteiger partial charge in [-0.05, 0) is 47.6 Å². The first kappa shape index (κ1) is 22.9. The van der Waals surface area contributed by atoms with E-state index in [1.807, 2.05) is 32.9 Å². The number of nitrogens with zero attached hydrogens (tertiary/aromatic N) is 2. The largest absolute Gasteiger partial charge is 0.456 e. The van der Waals surface area contributed by atoms with Gasteiger partial charge < -0.3 is 19.4 Å². The highest BCUT2D eigenvalue weighted by Crippen LogP contribution is 2.32. The molecule has 0 aliphatic rings. The SMILES string of the molecule is CN(Cc1[nH]c2c(ccc3cnc(Cl)cc32)c1C(=O)OC(C)(C)C)C(=O)OC(C)(C)C. The number of nitrogens with one attached hydrogen (secondary N) is 1. The van der Waals surface area contributed by atoms with Gasteiger partial charge in [0.05, 0.1) is 23.3 Å². The van der Waals surface area contributed by atoms with Gasteiger partial charge in [0.25, 0.3) is 0 Å². The first-order valence-corrected chi connectivity index (χ1v) is 10.4. The van der Waals surface area contributed by atoms with Crippen LogP contribution in [0.3, 0.4) is 0 Å². The molecule has 0 saturated carbocycles. The van der Waals surface area contributed by atoms with Crippen molar-refractivity contribution >= 4 is 45.3 Å². The van der Waals surface area contributed by atoms with E-state index < -0.39 is 23.3 Å². The Labute approximate surface area is 186 Å². The van der Waals surface area contributed by atoms with Gasteiger partial charge in [0, 0.05) is 29.4 Å². The smallest absolute Gasteiger partial charge is 0.410 e. The Morgan fingerprint density at radius 3 is 2.32 bits per heavy atom. The Bertz CT molecular complexity index is 1160. The van der Waals surface area contributed by atoms with E-state index in [0.717, 1.165) is 16.3 Å². The number of fused-ring (bicyclic) bond motifs is 3. The second-order valence-electron chi connectivity index (χ2n) is 9.53. The van der Waals surface area contributed by atoms with Crippen molar-refractivity contribution in [3.63, 3.8) is 0 Å². The molecule has 1 N–H and O–H groups in total. The topological polar surface area (TPSA) is 84.5 Å². The molecule has 1 amide bonds.